The van der Waals surface area contributed by atoms with Gasteiger partial charge in [0.25, 0.3) is 0 Å². The Kier molecular flexibility index (Phi) is 4.32. The summed E-state index contributed by atoms with van der Waals surface area (Å²) < 4.78 is 13.0. The zero-order valence-electron chi connectivity index (χ0n) is 14.1. The Morgan fingerprint density at radius 1 is 1.39 bits per heavy atom. The van der Waals surface area contributed by atoms with Crippen molar-refractivity contribution in [3.8, 4) is 0 Å². The van der Waals surface area contributed by atoms with E-state index in [1.165, 1.54) is 0 Å². The van der Waals surface area contributed by atoms with Crippen molar-refractivity contribution in [1.29, 1.82) is 0 Å². The highest BCUT2D eigenvalue weighted by atomic mass is 16.5. The van der Waals surface area contributed by atoms with Crippen LogP contribution in [0.1, 0.15) is 24.0 Å². The molecule has 124 valence electrons. The molecule has 0 radical (unpaired) electrons. The average molecular weight is 317 g/mol. The molecule has 7 heteroatoms. The largest absolute Gasteiger partial charge is 0.377 e. The van der Waals surface area contributed by atoms with Crippen LogP contribution in [-0.4, -0.2) is 46.6 Å². The smallest absolute Gasteiger partial charge is 0.156 e. The van der Waals surface area contributed by atoms with Crippen molar-refractivity contribution in [3.05, 3.63) is 35.5 Å². The quantitative estimate of drug-likeness (QED) is 0.850. The molecule has 3 rings (SSSR count). The van der Waals surface area contributed by atoms with Crippen LogP contribution in [0.3, 0.4) is 0 Å². The van der Waals surface area contributed by atoms with Crippen LogP contribution in [0.4, 0.5) is 5.82 Å². The standard InChI is InChI=1S/C16H23N5O2/c1-12-7-15(19-14(18-12)10-22-4)21-5-6-23-16(2,11-21)13-8-17-20(3)9-13/h7-9H,5-6,10-11H2,1-4H3. The molecule has 1 fully saturated rings. The molecule has 2 aromatic heterocycles. The summed E-state index contributed by atoms with van der Waals surface area (Å²) in [6.45, 7) is 6.67. The molecule has 1 atom stereocenters. The summed E-state index contributed by atoms with van der Waals surface area (Å²) in [6, 6.07) is 2.01. The molecule has 0 bridgehead atoms. The van der Waals surface area contributed by atoms with Crippen molar-refractivity contribution in [2.45, 2.75) is 26.1 Å². The van der Waals surface area contributed by atoms with Crippen molar-refractivity contribution in [2.24, 2.45) is 7.05 Å². The highest BCUT2D eigenvalue weighted by Gasteiger charge is 2.35. The van der Waals surface area contributed by atoms with Crippen LogP contribution in [0.25, 0.3) is 0 Å². The predicted molar refractivity (Wildman–Crippen MR) is 86.2 cm³/mol. The third kappa shape index (κ3) is 3.35. The second kappa shape index (κ2) is 6.25. The van der Waals surface area contributed by atoms with Gasteiger partial charge in [-0.2, -0.15) is 5.10 Å². The first-order valence-corrected chi connectivity index (χ1v) is 7.72. The van der Waals surface area contributed by atoms with E-state index in [9.17, 15) is 0 Å². The van der Waals surface area contributed by atoms with E-state index in [0.717, 1.165) is 30.2 Å². The summed E-state index contributed by atoms with van der Waals surface area (Å²) >= 11 is 0. The molecule has 0 aliphatic carbocycles. The van der Waals surface area contributed by atoms with Crippen molar-refractivity contribution >= 4 is 5.82 Å². The van der Waals surface area contributed by atoms with Crippen LogP contribution in [-0.2, 0) is 28.7 Å². The second-order valence-corrected chi connectivity index (χ2v) is 6.12. The molecule has 2 aromatic rings. The lowest BCUT2D eigenvalue weighted by atomic mass is 9.97. The molecule has 0 aromatic carbocycles. The Balaban J connectivity index is 1.86. The number of hydrogen-bond donors (Lipinski definition) is 0. The molecule has 7 nitrogen and oxygen atoms in total. The maximum absolute atomic E-state index is 6.06. The van der Waals surface area contributed by atoms with E-state index in [0.29, 0.717) is 19.0 Å². The number of anilines is 1. The van der Waals surface area contributed by atoms with Gasteiger partial charge in [0, 0.05) is 44.2 Å². The molecule has 3 heterocycles. The molecule has 1 aliphatic heterocycles. The Hall–Kier alpha value is -1.99. The Morgan fingerprint density at radius 3 is 2.91 bits per heavy atom. The summed E-state index contributed by atoms with van der Waals surface area (Å²) in [7, 11) is 3.57. The first-order valence-electron chi connectivity index (χ1n) is 7.72. The lowest BCUT2D eigenvalue weighted by Gasteiger charge is -2.40. The van der Waals surface area contributed by atoms with E-state index in [1.54, 1.807) is 11.8 Å². The number of morpholine rings is 1. The number of rotatable bonds is 4. The molecule has 1 aliphatic rings. The van der Waals surface area contributed by atoms with Crippen molar-refractivity contribution < 1.29 is 9.47 Å². The van der Waals surface area contributed by atoms with Gasteiger partial charge in [-0.3, -0.25) is 4.68 Å². The zero-order chi connectivity index (χ0) is 16.4. The number of aryl methyl sites for hydroxylation is 2. The second-order valence-electron chi connectivity index (χ2n) is 6.12. The minimum atomic E-state index is -0.396. The van der Waals surface area contributed by atoms with Crippen molar-refractivity contribution in [2.75, 3.05) is 31.7 Å². The zero-order valence-corrected chi connectivity index (χ0v) is 14.1. The lowest BCUT2D eigenvalue weighted by molar-refractivity contribution is -0.0468. The third-order valence-corrected chi connectivity index (χ3v) is 4.07. The maximum atomic E-state index is 6.06. The number of methoxy groups -OCH3 is 1. The Morgan fingerprint density at radius 2 is 2.22 bits per heavy atom. The minimum absolute atomic E-state index is 0.396. The van der Waals surface area contributed by atoms with Gasteiger partial charge >= 0.3 is 0 Å². The van der Waals surface area contributed by atoms with Crippen LogP contribution in [0, 0.1) is 6.92 Å². The highest BCUT2D eigenvalue weighted by molar-refractivity contribution is 5.41. The maximum Gasteiger partial charge on any atom is 0.156 e. The minimum Gasteiger partial charge on any atom is -0.377 e. The van der Waals surface area contributed by atoms with Crippen molar-refractivity contribution in [3.63, 3.8) is 0 Å². The van der Waals surface area contributed by atoms with Gasteiger partial charge in [-0.1, -0.05) is 0 Å². The van der Waals surface area contributed by atoms with Gasteiger partial charge in [0.1, 0.15) is 18.0 Å². The topological polar surface area (TPSA) is 65.3 Å². The summed E-state index contributed by atoms with van der Waals surface area (Å²) in [5.74, 6) is 1.63. The van der Waals surface area contributed by atoms with Gasteiger partial charge in [0.2, 0.25) is 0 Å². The number of hydrogen-bond acceptors (Lipinski definition) is 6. The molecule has 1 unspecified atom stereocenters. The number of ether oxygens (including phenoxy) is 2. The van der Waals surface area contributed by atoms with Crippen LogP contribution < -0.4 is 4.90 Å². The van der Waals surface area contributed by atoms with Gasteiger partial charge in [-0.25, -0.2) is 9.97 Å². The fraction of sp³-hybridized carbons (Fsp3) is 0.562. The Bertz CT molecular complexity index is 687. The van der Waals surface area contributed by atoms with E-state index in [-0.39, 0.29) is 0 Å². The molecule has 0 saturated carbocycles. The fourth-order valence-corrected chi connectivity index (χ4v) is 2.90. The third-order valence-electron chi connectivity index (χ3n) is 4.07. The molecular weight excluding hydrogens is 294 g/mol. The van der Waals surface area contributed by atoms with E-state index >= 15 is 0 Å². The van der Waals surface area contributed by atoms with Crippen LogP contribution in [0.2, 0.25) is 0 Å². The SMILES string of the molecule is COCc1nc(C)cc(N2CCOC(C)(c3cnn(C)c3)C2)n1. The van der Waals surface area contributed by atoms with Gasteiger partial charge in [0.05, 0.1) is 19.3 Å². The normalized spacial score (nSPS) is 21.7. The predicted octanol–water partition coefficient (Wildman–Crippen LogP) is 1.42. The lowest BCUT2D eigenvalue weighted by Crippen LogP contribution is -2.48. The molecule has 0 spiro atoms. The molecular formula is C16H23N5O2. The average Bonchev–Trinajstić information content (AvgIpc) is 2.95. The van der Waals surface area contributed by atoms with Gasteiger partial charge in [-0.05, 0) is 13.8 Å². The van der Waals surface area contributed by atoms with E-state index in [4.69, 9.17) is 9.47 Å². The Labute approximate surface area is 136 Å². The summed E-state index contributed by atoms with van der Waals surface area (Å²) in [4.78, 5) is 11.3. The molecule has 0 amide bonds. The van der Waals surface area contributed by atoms with Gasteiger partial charge in [-0.15, -0.1) is 0 Å². The summed E-state index contributed by atoms with van der Waals surface area (Å²) in [5.41, 5.74) is 1.62. The van der Waals surface area contributed by atoms with Crippen LogP contribution in [0.5, 0.6) is 0 Å². The van der Waals surface area contributed by atoms with Gasteiger partial charge in [0.15, 0.2) is 5.82 Å². The van der Waals surface area contributed by atoms with Crippen molar-refractivity contribution in [1.82, 2.24) is 19.7 Å². The summed E-state index contributed by atoms with van der Waals surface area (Å²) in [5, 5.41) is 4.26. The van der Waals surface area contributed by atoms with Crippen LogP contribution in [0.15, 0.2) is 18.5 Å². The van der Waals surface area contributed by atoms with E-state index in [1.807, 2.05) is 32.4 Å². The molecule has 1 saturated heterocycles. The van der Waals surface area contributed by atoms with E-state index < -0.39 is 5.60 Å². The number of nitrogens with zero attached hydrogens (tertiary/aromatic N) is 5. The first-order chi connectivity index (χ1) is 11.0. The highest BCUT2D eigenvalue weighted by Crippen LogP contribution is 2.31. The number of aromatic nitrogens is 4. The van der Waals surface area contributed by atoms with Gasteiger partial charge < -0.3 is 14.4 Å². The monoisotopic (exact) mass is 317 g/mol. The molecule has 0 N–H and O–H groups in total. The fourth-order valence-electron chi connectivity index (χ4n) is 2.90. The summed E-state index contributed by atoms with van der Waals surface area (Å²) in [6.07, 6.45) is 3.87. The van der Waals surface area contributed by atoms with E-state index in [2.05, 4.69) is 26.9 Å². The van der Waals surface area contributed by atoms with Crippen LogP contribution >= 0.6 is 0 Å². The first kappa shape index (κ1) is 15.9. The molecule has 23 heavy (non-hydrogen) atoms.